The molecule has 1 fully saturated rings. The minimum atomic E-state index is 0.736. The van der Waals surface area contributed by atoms with Crippen LogP contribution in [-0.4, -0.2) is 20.8 Å². The van der Waals surface area contributed by atoms with Crippen molar-refractivity contribution in [1.29, 1.82) is 0 Å². The van der Waals surface area contributed by atoms with Gasteiger partial charge in [0.05, 0.1) is 0 Å². The van der Waals surface area contributed by atoms with Gasteiger partial charge in [0.15, 0.2) is 5.16 Å². The highest BCUT2D eigenvalue weighted by Gasteiger charge is 2.20. The summed E-state index contributed by atoms with van der Waals surface area (Å²) in [5.41, 5.74) is 1.30. The first-order chi connectivity index (χ1) is 9.22. The van der Waals surface area contributed by atoms with Crippen molar-refractivity contribution >= 4 is 27.7 Å². The van der Waals surface area contributed by atoms with E-state index in [1.165, 1.54) is 18.4 Å². The first kappa shape index (κ1) is 13.1. The zero-order chi connectivity index (χ0) is 13.2. The molecule has 1 aliphatic carbocycles. The highest BCUT2D eigenvalue weighted by Crippen LogP contribution is 2.30. The lowest BCUT2D eigenvalue weighted by Crippen LogP contribution is -2.15. The van der Waals surface area contributed by atoms with Crippen molar-refractivity contribution < 1.29 is 0 Å². The van der Waals surface area contributed by atoms with E-state index in [9.17, 15) is 0 Å². The number of aromatic nitrogens is 3. The molecule has 1 aromatic heterocycles. The molecule has 0 spiro atoms. The molecule has 1 N–H and O–H groups in total. The van der Waals surface area contributed by atoms with Crippen molar-refractivity contribution in [2.45, 2.75) is 35.5 Å². The number of benzene rings is 1. The molecular weight excluding hydrogens is 324 g/mol. The lowest BCUT2D eigenvalue weighted by atomic mass is 10.2. The maximum Gasteiger partial charge on any atom is 0.190 e. The summed E-state index contributed by atoms with van der Waals surface area (Å²) in [7, 11) is 1.90. The molecule has 1 aromatic carbocycles. The third-order valence-electron chi connectivity index (χ3n) is 3.06. The van der Waals surface area contributed by atoms with Gasteiger partial charge in [-0.25, -0.2) is 9.67 Å². The average Bonchev–Trinajstić information content (AvgIpc) is 3.13. The Hall–Kier alpha value is -0.850. The highest BCUT2D eigenvalue weighted by molar-refractivity contribution is 9.10. The molecule has 100 valence electrons. The molecule has 0 aliphatic heterocycles. The van der Waals surface area contributed by atoms with Crippen LogP contribution in [0.3, 0.4) is 0 Å². The number of halogens is 1. The zero-order valence-electron chi connectivity index (χ0n) is 10.6. The van der Waals surface area contributed by atoms with Crippen molar-refractivity contribution in [3.63, 3.8) is 0 Å². The number of nitrogens with one attached hydrogen (secondary N) is 1. The van der Waals surface area contributed by atoms with E-state index in [0.717, 1.165) is 27.1 Å². The van der Waals surface area contributed by atoms with Crippen LogP contribution in [0.2, 0.25) is 0 Å². The molecule has 0 radical (unpaired) electrons. The fraction of sp³-hybridized carbons (Fsp3) is 0.385. The van der Waals surface area contributed by atoms with Gasteiger partial charge in [0.2, 0.25) is 0 Å². The predicted octanol–water partition coefficient (Wildman–Crippen LogP) is 2.98. The van der Waals surface area contributed by atoms with Crippen molar-refractivity contribution in [3.05, 3.63) is 34.6 Å². The van der Waals surface area contributed by atoms with Crippen molar-refractivity contribution in [1.82, 2.24) is 20.1 Å². The molecule has 0 saturated heterocycles. The maximum atomic E-state index is 4.22. The van der Waals surface area contributed by atoms with Crippen LogP contribution in [0.1, 0.15) is 18.4 Å². The van der Waals surface area contributed by atoms with Gasteiger partial charge in [0.1, 0.15) is 6.33 Å². The van der Waals surface area contributed by atoms with Gasteiger partial charge < -0.3 is 5.32 Å². The molecule has 0 amide bonds. The summed E-state index contributed by atoms with van der Waals surface area (Å²) in [5.74, 6) is 0. The van der Waals surface area contributed by atoms with E-state index in [2.05, 4.69) is 49.5 Å². The van der Waals surface area contributed by atoms with Gasteiger partial charge in [-0.15, -0.1) is 0 Å². The average molecular weight is 339 g/mol. The van der Waals surface area contributed by atoms with Gasteiger partial charge in [-0.05, 0) is 30.5 Å². The number of hydrogen-bond acceptors (Lipinski definition) is 4. The Kier molecular flexibility index (Phi) is 3.91. The molecule has 19 heavy (non-hydrogen) atoms. The summed E-state index contributed by atoms with van der Waals surface area (Å²) in [5, 5.41) is 8.49. The number of nitrogens with zero attached hydrogens (tertiary/aromatic N) is 3. The summed E-state index contributed by atoms with van der Waals surface area (Å²) in [4.78, 5) is 5.38. The predicted molar refractivity (Wildman–Crippen MR) is 79.1 cm³/mol. The molecular formula is C13H15BrN4S. The Morgan fingerprint density at radius 2 is 2.32 bits per heavy atom. The quantitative estimate of drug-likeness (QED) is 0.910. The third kappa shape index (κ3) is 3.38. The topological polar surface area (TPSA) is 42.7 Å². The number of hydrogen-bond donors (Lipinski definition) is 1. The van der Waals surface area contributed by atoms with Crippen LogP contribution in [0.5, 0.6) is 0 Å². The smallest absolute Gasteiger partial charge is 0.190 e. The molecule has 4 nitrogen and oxygen atoms in total. The van der Waals surface area contributed by atoms with Crippen LogP contribution < -0.4 is 5.32 Å². The van der Waals surface area contributed by atoms with Gasteiger partial charge >= 0.3 is 0 Å². The zero-order valence-corrected chi connectivity index (χ0v) is 13.0. The molecule has 1 aliphatic rings. The number of rotatable bonds is 5. The molecule has 6 heteroatoms. The van der Waals surface area contributed by atoms with Gasteiger partial charge in [-0.2, -0.15) is 5.10 Å². The van der Waals surface area contributed by atoms with E-state index in [0.29, 0.717) is 0 Å². The third-order valence-corrected chi connectivity index (χ3v) is 4.84. The fourth-order valence-corrected chi connectivity index (χ4v) is 3.23. The highest BCUT2D eigenvalue weighted by atomic mass is 79.9. The standard InChI is InChI=1S/C13H15BrN4S/c1-18-13(16-8-17-18)19-11-5-2-9(12(14)6-11)7-15-10-3-4-10/h2,5-6,8,10,15H,3-4,7H2,1H3. The Labute approximate surface area is 125 Å². The van der Waals surface area contributed by atoms with Crippen molar-refractivity contribution in [2.75, 3.05) is 0 Å². The van der Waals surface area contributed by atoms with Crippen molar-refractivity contribution in [2.24, 2.45) is 7.05 Å². The SMILES string of the molecule is Cn1ncnc1Sc1ccc(CNC2CC2)c(Br)c1. The van der Waals surface area contributed by atoms with E-state index in [4.69, 9.17) is 0 Å². The van der Waals surface area contributed by atoms with Gasteiger partial charge in [0.25, 0.3) is 0 Å². The van der Waals surface area contributed by atoms with Gasteiger partial charge in [0, 0.05) is 29.0 Å². The van der Waals surface area contributed by atoms with Gasteiger partial charge in [-0.1, -0.05) is 33.8 Å². The summed E-state index contributed by atoms with van der Waals surface area (Å²) in [6.07, 6.45) is 4.21. The first-order valence-corrected chi connectivity index (χ1v) is 7.87. The molecule has 0 unspecified atom stereocenters. The summed E-state index contributed by atoms with van der Waals surface area (Å²) >= 11 is 5.26. The molecule has 1 saturated carbocycles. The Bertz CT molecular complexity index is 580. The Balaban J connectivity index is 1.69. The minimum Gasteiger partial charge on any atom is -0.310 e. The van der Waals surface area contributed by atoms with Crippen LogP contribution in [-0.2, 0) is 13.6 Å². The van der Waals surface area contributed by atoms with Crippen LogP contribution in [0, 0.1) is 0 Å². The van der Waals surface area contributed by atoms with Crippen LogP contribution >= 0.6 is 27.7 Å². The molecule has 0 bridgehead atoms. The molecule has 2 aromatic rings. The second kappa shape index (κ2) is 5.64. The van der Waals surface area contributed by atoms with E-state index >= 15 is 0 Å². The molecule has 1 heterocycles. The van der Waals surface area contributed by atoms with Gasteiger partial charge in [-0.3, -0.25) is 0 Å². The van der Waals surface area contributed by atoms with E-state index < -0.39 is 0 Å². The van der Waals surface area contributed by atoms with E-state index in [1.54, 1.807) is 22.8 Å². The summed E-state index contributed by atoms with van der Waals surface area (Å²) in [6, 6.07) is 7.18. The maximum absolute atomic E-state index is 4.22. The first-order valence-electron chi connectivity index (χ1n) is 6.26. The minimum absolute atomic E-state index is 0.736. The van der Waals surface area contributed by atoms with Crippen LogP contribution in [0.15, 0.2) is 39.1 Å². The Morgan fingerprint density at radius 1 is 1.47 bits per heavy atom. The van der Waals surface area contributed by atoms with Crippen molar-refractivity contribution in [3.8, 4) is 0 Å². The lowest BCUT2D eigenvalue weighted by Gasteiger charge is -2.08. The normalized spacial score (nSPS) is 14.8. The second-order valence-electron chi connectivity index (χ2n) is 4.68. The lowest BCUT2D eigenvalue weighted by molar-refractivity contribution is 0.683. The summed E-state index contributed by atoms with van der Waals surface area (Å²) < 4.78 is 2.93. The molecule has 0 atom stereocenters. The Morgan fingerprint density at radius 3 is 2.95 bits per heavy atom. The fourth-order valence-electron chi connectivity index (χ4n) is 1.76. The van der Waals surface area contributed by atoms with Crippen LogP contribution in [0.4, 0.5) is 0 Å². The van der Waals surface area contributed by atoms with E-state index in [1.807, 2.05) is 7.05 Å². The number of aryl methyl sites for hydroxylation is 1. The molecule has 3 rings (SSSR count). The van der Waals surface area contributed by atoms with E-state index in [-0.39, 0.29) is 0 Å². The van der Waals surface area contributed by atoms with Crippen LogP contribution in [0.25, 0.3) is 0 Å². The summed E-state index contributed by atoms with van der Waals surface area (Å²) in [6.45, 7) is 0.931. The second-order valence-corrected chi connectivity index (χ2v) is 6.57. The monoisotopic (exact) mass is 338 g/mol. The largest absolute Gasteiger partial charge is 0.310 e.